The fourth-order valence-electron chi connectivity index (χ4n) is 1.32. The monoisotopic (exact) mass is 253 g/mol. The zero-order valence-corrected chi connectivity index (χ0v) is 9.61. The third-order valence-electron chi connectivity index (χ3n) is 2.16. The Balaban J connectivity index is 2.17. The van der Waals surface area contributed by atoms with Crippen LogP contribution in [-0.2, 0) is 16.6 Å². The van der Waals surface area contributed by atoms with Crippen LogP contribution in [0.5, 0.6) is 5.75 Å². The molecule has 0 aliphatic heterocycles. The number of H-pyrrole nitrogens is 1. The van der Waals surface area contributed by atoms with Crippen molar-refractivity contribution in [3.8, 4) is 5.75 Å². The Bertz CT molecular complexity index is 593. The highest BCUT2D eigenvalue weighted by molar-refractivity contribution is 7.89. The lowest BCUT2D eigenvalue weighted by molar-refractivity contribution is 0.458. The van der Waals surface area contributed by atoms with E-state index in [1.807, 2.05) is 0 Å². The quantitative estimate of drug-likeness (QED) is 0.743. The van der Waals surface area contributed by atoms with E-state index in [0.717, 1.165) is 0 Å². The van der Waals surface area contributed by atoms with Crippen molar-refractivity contribution in [2.45, 2.75) is 11.4 Å². The van der Waals surface area contributed by atoms with Gasteiger partial charge in [0.2, 0.25) is 10.0 Å². The predicted molar refractivity (Wildman–Crippen MR) is 60.7 cm³/mol. The maximum atomic E-state index is 11.8. The van der Waals surface area contributed by atoms with Gasteiger partial charge in [0.25, 0.3) is 0 Å². The number of sulfonamides is 1. The molecule has 90 valence electrons. The SMILES string of the molecule is O=S(=O)(NCc1cnc[nH]1)c1ccccc1O. The van der Waals surface area contributed by atoms with Gasteiger partial charge >= 0.3 is 0 Å². The van der Waals surface area contributed by atoms with Crippen LogP contribution in [0.4, 0.5) is 0 Å². The van der Waals surface area contributed by atoms with Crippen molar-refractivity contribution in [1.82, 2.24) is 14.7 Å². The summed E-state index contributed by atoms with van der Waals surface area (Å²) in [4.78, 5) is 6.41. The number of rotatable bonds is 4. The van der Waals surface area contributed by atoms with Crippen molar-refractivity contribution in [3.63, 3.8) is 0 Å². The Labute approximate surface area is 98.4 Å². The third-order valence-corrected chi connectivity index (χ3v) is 3.61. The molecule has 1 aromatic carbocycles. The lowest BCUT2D eigenvalue weighted by atomic mass is 10.3. The van der Waals surface area contributed by atoms with Crippen LogP contribution in [0.15, 0.2) is 41.7 Å². The topological polar surface area (TPSA) is 95.1 Å². The zero-order valence-electron chi connectivity index (χ0n) is 8.79. The zero-order chi connectivity index (χ0) is 12.3. The molecule has 2 rings (SSSR count). The normalized spacial score (nSPS) is 11.5. The van der Waals surface area contributed by atoms with Gasteiger partial charge in [-0.2, -0.15) is 0 Å². The highest BCUT2D eigenvalue weighted by atomic mass is 32.2. The molecule has 0 fully saturated rings. The summed E-state index contributed by atoms with van der Waals surface area (Å²) in [5.41, 5.74) is 0.643. The minimum atomic E-state index is -3.71. The summed E-state index contributed by atoms with van der Waals surface area (Å²) in [6, 6.07) is 5.77. The van der Waals surface area contributed by atoms with Crippen LogP contribution in [0.1, 0.15) is 5.69 Å². The van der Waals surface area contributed by atoms with Crippen molar-refractivity contribution < 1.29 is 13.5 Å². The van der Waals surface area contributed by atoms with Crippen LogP contribution in [0.25, 0.3) is 0 Å². The summed E-state index contributed by atoms with van der Waals surface area (Å²) in [5.74, 6) is -0.274. The molecule has 0 saturated heterocycles. The van der Waals surface area contributed by atoms with Gasteiger partial charge in [-0.3, -0.25) is 0 Å². The van der Waals surface area contributed by atoms with Crippen molar-refractivity contribution in [3.05, 3.63) is 42.5 Å². The van der Waals surface area contributed by atoms with E-state index in [0.29, 0.717) is 5.69 Å². The number of aromatic nitrogens is 2. The highest BCUT2D eigenvalue weighted by Crippen LogP contribution is 2.21. The average Bonchev–Trinajstić information content (AvgIpc) is 2.80. The molecule has 0 unspecified atom stereocenters. The lowest BCUT2D eigenvalue weighted by Gasteiger charge is -2.06. The summed E-state index contributed by atoms with van der Waals surface area (Å²) in [6.45, 7) is 0.0939. The Kier molecular flexibility index (Phi) is 3.12. The Morgan fingerprint density at radius 3 is 2.76 bits per heavy atom. The number of nitrogens with one attached hydrogen (secondary N) is 2. The fourth-order valence-corrected chi connectivity index (χ4v) is 2.42. The molecule has 1 aromatic heterocycles. The summed E-state index contributed by atoms with van der Waals surface area (Å²) in [6.07, 6.45) is 2.98. The molecule has 6 nitrogen and oxygen atoms in total. The molecule has 0 amide bonds. The Hall–Kier alpha value is -1.86. The maximum absolute atomic E-state index is 11.8. The molecule has 3 N–H and O–H groups in total. The van der Waals surface area contributed by atoms with E-state index < -0.39 is 10.0 Å². The number of imidazole rings is 1. The number of hydrogen-bond acceptors (Lipinski definition) is 4. The summed E-state index contributed by atoms with van der Waals surface area (Å²) >= 11 is 0. The molecule has 2 aromatic rings. The molecule has 0 atom stereocenters. The van der Waals surface area contributed by atoms with E-state index in [4.69, 9.17) is 0 Å². The summed E-state index contributed by atoms with van der Waals surface area (Å²) in [7, 11) is -3.71. The first-order chi connectivity index (χ1) is 8.09. The number of aromatic amines is 1. The fraction of sp³-hybridized carbons (Fsp3) is 0.100. The molecular weight excluding hydrogens is 242 g/mol. The molecule has 0 aliphatic carbocycles. The van der Waals surface area contributed by atoms with E-state index in [-0.39, 0.29) is 17.2 Å². The first-order valence-corrected chi connectivity index (χ1v) is 6.33. The van der Waals surface area contributed by atoms with E-state index in [2.05, 4.69) is 14.7 Å². The van der Waals surface area contributed by atoms with Gasteiger partial charge in [0.15, 0.2) is 0 Å². The van der Waals surface area contributed by atoms with Gasteiger partial charge in [-0.1, -0.05) is 12.1 Å². The molecule has 0 saturated carbocycles. The van der Waals surface area contributed by atoms with Crippen molar-refractivity contribution in [1.29, 1.82) is 0 Å². The van der Waals surface area contributed by atoms with Gasteiger partial charge in [-0.05, 0) is 12.1 Å². The minimum absolute atomic E-state index is 0.0939. The lowest BCUT2D eigenvalue weighted by Crippen LogP contribution is -2.23. The minimum Gasteiger partial charge on any atom is -0.507 e. The van der Waals surface area contributed by atoms with Crippen molar-refractivity contribution in [2.24, 2.45) is 0 Å². The molecule has 1 heterocycles. The van der Waals surface area contributed by atoms with E-state index in [9.17, 15) is 13.5 Å². The number of aromatic hydroxyl groups is 1. The second-order valence-corrected chi connectivity index (χ2v) is 5.10. The van der Waals surface area contributed by atoms with Gasteiger partial charge in [-0.15, -0.1) is 0 Å². The first-order valence-electron chi connectivity index (χ1n) is 4.84. The number of phenols is 1. The van der Waals surface area contributed by atoms with E-state index in [1.54, 1.807) is 12.1 Å². The van der Waals surface area contributed by atoms with Crippen LogP contribution in [0.2, 0.25) is 0 Å². The second kappa shape index (κ2) is 4.56. The van der Waals surface area contributed by atoms with Gasteiger partial charge in [0, 0.05) is 11.9 Å². The molecular formula is C10H11N3O3S. The molecule has 17 heavy (non-hydrogen) atoms. The summed E-state index contributed by atoms with van der Waals surface area (Å²) in [5, 5.41) is 9.46. The van der Waals surface area contributed by atoms with Crippen LogP contribution < -0.4 is 4.72 Å². The molecule has 0 aliphatic rings. The van der Waals surface area contributed by atoms with Crippen LogP contribution in [-0.4, -0.2) is 23.5 Å². The van der Waals surface area contributed by atoms with Gasteiger partial charge in [0.05, 0.1) is 12.9 Å². The van der Waals surface area contributed by atoms with Gasteiger partial charge in [0.1, 0.15) is 10.6 Å². The van der Waals surface area contributed by atoms with Crippen LogP contribution in [0.3, 0.4) is 0 Å². The van der Waals surface area contributed by atoms with Gasteiger partial charge in [-0.25, -0.2) is 18.1 Å². The number of phenolic OH excluding ortho intramolecular Hbond substituents is 1. The predicted octanol–water partition coefficient (Wildman–Crippen LogP) is 0.594. The summed E-state index contributed by atoms with van der Waals surface area (Å²) < 4.78 is 26.0. The van der Waals surface area contributed by atoms with Crippen molar-refractivity contribution in [2.75, 3.05) is 0 Å². The van der Waals surface area contributed by atoms with Crippen molar-refractivity contribution >= 4 is 10.0 Å². The number of hydrogen-bond donors (Lipinski definition) is 3. The number of benzene rings is 1. The smallest absolute Gasteiger partial charge is 0.244 e. The van der Waals surface area contributed by atoms with Crippen LogP contribution in [0, 0.1) is 0 Å². The Morgan fingerprint density at radius 1 is 1.35 bits per heavy atom. The van der Waals surface area contributed by atoms with Gasteiger partial charge < -0.3 is 10.1 Å². The molecule has 0 bridgehead atoms. The highest BCUT2D eigenvalue weighted by Gasteiger charge is 2.17. The number of nitrogens with zero attached hydrogens (tertiary/aromatic N) is 1. The van der Waals surface area contributed by atoms with Crippen LogP contribution >= 0.6 is 0 Å². The Morgan fingerprint density at radius 2 is 2.12 bits per heavy atom. The second-order valence-electron chi connectivity index (χ2n) is 3.37. The standard InChI is InChI=1S/C10H11N3O3S/c14-9-3-1-2-4-10(9)17(15,16)13-6-8-5-11-7-12-8/h1-5,7,13-14H,6H2,(H,11,12). The molecule has 0 radical (unpaired) electrons. The number of para-hydroxylation sites is 1. The first kappa shape index (κ1) is 11.6. The third kappa shape index (κ3) is 2.63. The van der Waals surface area contributed by atoms with E-state index in [1.165, 1.54) is 24.7 Å². The largest absolute Gasteiger partial charge is 0.507 e. The maximum Gasteiger partial charge on any atom is 0.244 e. The average molecular weight is 253 g/mol. The molecule has 7 heteroatoms. The molecule has 0 spiro atoms. The van der Waals surface area contributed by atoms with E-state index >= 15 is 0 Å².